The lowest BCUT2D eigenvalue weighted by Gasteiger charge is -2.31. The van der Waals surface area contributed by atoms with Crippen LogP contribution in [0.25, 0.3) is 6.08 Å². The van der Waals surface area contributed by atoms with Crippen molar-refractivity contribution in [2.45, 2.75) is 98.1 Å². The fourth-order valence-corrected chi connectivity index (χ4v) is 4.91. The van der Waals surface area contributed by atoms with Gasteiger partial charge in [-0.3, -0.25) is 9.59 Å². The maximum atomic E-state index is 13.1. The van der Waals surface area contributed by atoms with E-state index in [0.717, 1.165) is 10.7 Å². The van der Waals surface area contributed by atoms with Crippen LogP contribution >= 0.6 is 11.3 Å². The van der Waals surface area contributed by atoms with E-state index in [4.69, 9.17) is 4.74 Å². The minimum atomic E-state index is -1.10. The van der Waals surface area contributed by atoms with Crippen LogP contribution in [0.5, 0.6) is 0 Å². The van der Waals surface area contributed by atoms with Crippen LogP contribution in [-0.2, 0) is 14.3 Å². The van der Waals surface area contributed by atoms with Crippen LogP contribution < -0.4 is 0 Å². The highest BCUT2D eigenvalue weighted by Crippen LogP contribution is 2.31. The lowest BCUT2D eigenvalue weighted by molar-refractivity contribution is -0.150. The number of aryl methyl sites for hydroxylation is 1. The Kier molecular flexibility index (Phi) is 10.8. The van der Waals surface area contributed by atoms with E-state index >= 15 is 0 Å². The van der Waals surface area contributed by atoms with Crippen LogP contribution in [0.15, 0.2) is 23.1 Å². The summed E-state index contributed by atoms with van der Waals surface area (Å²) in [7, 11) is 0. The number of hydrogen-bond acceptors (Lipinski definition) is 8. The molecule has 8 heteroatoms. The summed E-state index contributed by atoms with van der Waals surface area (Å²) in [4.78, 5) is 30.4. The molecule has 0 saturated carbocycles. The number of thiazole rings is 1. The third-order valence-electron chi connectivity index (χ3n) is 6.88. The van der Waals surface area contributed by atoms with Gasteiger partial charge < -0.3 is 20.1 Å². The van der Waals surface area contributed by atoms with Gasteiger partial charge in [0.15, 0.2) is 0 Å². The van der Waals surface area contributed by atoms with Gasteiger partial charge in [0.2, 0.25) is 0 Å². The predicted octanol–water partition coefficient (Wildman–Crippen LogP) is 4.24. The zero-order chi connectivity index (χ0) is 26.3. The maximum absolute atomic E-state index is 13.1. The Bertz CT molecular complexity index is 921. The molecule has 6 unspecified atom stereocenters. The predicted molar refractivity (Wildman–Crippen MR) is 138 cm³/mol. The lowest BCUT2D eigenvalue weighted by atomic mass is 9.74. The van der Waals surface area contributed by atoms with E-state index in [2.05, 4.69) is 4.98 Å². The molecule has 1 aromatic rings. The summed E-state index contributed by atoms with van der Waals surface area (Å²) < 4.78 is 5.75. The first-order valence-corrected chi connectivity index (χ1v) is 13.2. The number of Topliss-reactive ketones (excluding diaryl/α,β-unsaturated/α-hetero) is 1. The number of hydrogen-bond donors (Lipinski definition) is 3. The highest BCUT2D eigenvalue weighted by atomic mass is 32.1. The molecule has 0 fully saturated rings. The van der Waals surface area contributed by atoms with Gasteiger partial charge in [0.05, 0.1) is 29.0 Å². The summed E-state index contributed by atoms with van der Waals surface area (Å²) in [5, 5.41) is 34.7. The van der Waals surface area contributed by atoms with E-state index in [1.807, 2.05) is 38.3 Å². The number of aromatic nitrogens is 1. The van der Waals surface area contributed by atoms with Gasteiger partial charge in [-0.2, -0.15) is 0 Å². The molecule has 1 aliphatic rings. The lowest BCUT2D eigenvalue weighted by Crippen LogP contribution is -2.39. The van der Waals surface area contributed by atoms with Crippen LogP contribution in [0.4, 0.5) is 0 Å². The van der Waals surface area contributed by atoms with Crippen LogP contribution in [0.3, 0.4) is 0 Å². The maximum Gasteiger partial charge on any atom is 0.306 e. The number of ether oxygens (including phenoxy) is 1. The highest BCUT2D eigenvalue weighted by molar-refractivity contribution is 7.09. The number of esters is 1. The number of nitrogens with zero attached hydrogens (tertiary/aromatic N) is 1. The van der Waals surface area contributed by atoms with Crippen LogP contribution in [0, 0.1) is 24.2 Å². The molecule has 2 heterocycles. The third-order valence-corrected chi connectivity index (χ3v) is 7.67. The summed E-state index contributed by atoms with van der Waals surface area (Å²) in [5.74, 6) is -1.30. The molecule has 0 amide bonds. The van der Waals surface area contributed by atoms with Crippen molar-refractivity contribution in [2.24, 2.45) is 17.3 Å². The van der Waals surface area contributed by atoms with E-state index in [1.54, 1.807) is 26.8 Å². The van der Waals surface area contributed by atoms with Crippen molar-refractivity contribution in [3.63, 3.8) is 0 Å². The zero-order valence-corrected chi connectivity index (χ0v) is 22.5. The van der Waals surface area contributed by atoms with Crippen LogP contribution in [0.2, 0.25) is 0 Å². The molecule has 0 radical (unpaired) electrons. The Morgan fingerprint density at radius 1 is 1.14 bits per heavy atom. The summed E-state index contributed by atoms with van der Waals surface area (Å²) in [6.07, 6.45) is 2.86. The standard InChI is InChI=1S/C27H41NO6S/c1-16-9-7-8-10-21(29)22(30)14-23(17(2)13-20-15-35-19(4)28-20)34-24(31)11-12-27(5,6)26(33)18(3)25(16)32/h7-8,13,15-16,18,21-23,25,29-30,32H,9-12,14H2,1-6H3/b8-7-,17-13+. The largest absolute Gasteiger partial charge is 0.458 e. The SMILES string of the molecule is C/C(=C\c1csc(C)n1)C1CC(O)C(O)C/C=C\CC(C)C(O)C(C)C(=O)C(C)(C)CCC(=O)O1. The molecule has 0 saturated heterocycles. The fraction of sp³-hybridized carbons (Fsp3) is 0.667. The summed E-state index contributed by atoms with van der Waals surface area (Å²) in [5.41, 5.74) is 0.650. The molecular weight excluding hydrogens is 466 g/mol. The molecule has 0 aliphatic carbocycles. The number of ketones is 1. The molecule has 7 nitrogen and oxygen atoms in total. The second-order valence-electron chi connectivity index (χ2n) is 10.5. The van der Waals surface area contributed by atoms with E-state index in [1.165, 1.54) is 11.3 Å². The number of carbonyl (C=O) groups excluding carboxylic acids is 2. The molecular formula is C27H41NO6S. The highest BCUT2D eigenvalue weighted by Gasteiger charge is 2.37. The summed E-state index contributed by atoms with van der Waals surface area (Å²) in [6, 6.07) is 0. The fourth-order valence-electron chi connectivity index (χ4n) is 4.34. The molecule has 196 valence electrons. The van der Waals surface area contributed by atoms with Gasteiger partial charge in [-0.25, -0.2) is 4.98 Å². The normalized spacial score (nSPS) is 33.1. The second kappa shape index (κ2) is 12.9. The van der Waals surface area contributed by atoms with Gasteiger partial charge >= 0.3 is 5.97 Å². The minimum Gasteiger partial charge on any atom is -0.458 e. The number of aliphatic hydroxyl groups excluding tert-OH is 3. The van der Waals surface area contributed by atoms with Crippen molar-refractivity contribution in [3.8, 4) is 0 Å². The number of carbonyl (C=O) groups is 2. The summed E-state index contributed by atoms with van der Waals surface area (Å²) >= 11 is 1.51. The average molecular weight is 508 g/mol. The minimum absolute atomic E-state index is 0.0247. The van der Waals surface area contributed by atoms with Gasteiger partial charge in [0.1, 0.15) is 11.9 Å². The Hall–Kier alpha value is -1.87. The van der Waals surface area contributed by atoms with Crippen molar-refractivity contribution < 1.29 is 29.6 Å². The number of rotatable bonds is 2. The summed E-state index contributed by atoms with van der Waals surface area (Å²) in [6.45, 7) is 10.9. The van der Waals surface area contributed by atoms with Crippen molar-refractivity contribution in [1.82, 2.24) is 4.98 Å². The van der Waals surface area contributed by atoms with Crippen molar-refractivity contribution in [2.75, 3.05) is 0 Å². The first kappa shape index (κ1) is 29.4. The van der Waals surface area contributed by atoms with Crippen LogP contribution in [-0.4, -0.2) is 56.5 Å². The van der Waals surface area contributed by atoms with E-state index < -0.39 is 41.7 Å². The van der Waals surface area contributed by atoms with Gasteiger partial charge in [0.25, 0.3) is 0 Å². The molecule has 0 bridgehead atoms. The molecule has 0 spiro atoms. The third kappa shape index (κ3) is 8.63. The Balaban J connectivity index is 2.30. The van der Waals surface area contributed by atoms with Crippen molar-refractivity contribution in [3.05, 3.63) is 33.8 Å². The number of allylic oxidation sites excluding steroid dienone is 1. The molecule has 3 N–H and O–H groups in total. The monoisotopic (exact) mass is 507 g/mol. The molecule has 6 atom stereocenters. The Morgan fingerprint density at radius 2 is 1.80 bits per heavy atom. The number of cyclic esters (lactones) is 1. The van der Waals surface area contributed by atoms with Gasteiger partial charge in [-0.05, 0) is 50.7 Å². The van der Waals surface area contributed by atoms with Crippen LogP contribution in [0.1, 0.15) is 77.4 Å². The van der Waals surface area contributed by atoms with Gasteiger partial charge in [-0.15, -0.1) is 11.3 Å². The first-order chi connectivity index (χ1) is 16.3. The second-order valence-corrected chi connectivity index (χ2v) is 11.5. The molecule has 2 rings (SSSR count). The van der Waals surface area contributed by atoms with Gasteiger partial charge in [-0.1, -0.05) is 39.8 Å². The topological polar surface area (TPSA) is 117 Å². The van der Waals surface area contributed by atoms with E-state index in [-0.39, 0.29) is 37.4 Å². The molecule has 0 aromatic carbocycles. The van der Waals surface area contributed by atoms with E-state index in [0.29, 0.717) is 12.0 Å². The van der Waals surface area contributed by atoms with Crippen molar-refractivity contribution >= 4 is 29.2 Å². The molecule has 1 aromatic heterocycles. The molecule has 1 aliphatic heterocycles. The first-order valence-electron chi connectivity index (χ1n) is 12.3. The number of aliphatic hydroxyl groups is 3. The zero-order valence-electron chi connectivity index (χ0n) is 21.7. The Morgan fingerprint density at radius 3 is 2.43 bits per heavy atom. The quantitative estimate of drug-likeness (QED) is 0.405. The molecule has 35 heavy (non-hydrogen) atoms. The average Bonchev–Trinajstić information content (AvgIpc) is 3.21. The van der Waals surface area contributed by atoms with E-state index in [9.17, 15) is 24.9 Å². The smallest absolute Gasteiger partial charge is 0.306 e. The Labute approximate surface area is 212 Å². The van der Waals surface area contributed by atoms with Crippen molar-refractivity contribution in [1.29, 1.82) is 0 Å². The van der Waals surface area contributed by atoms with Gasteiger partial charge in [0, 0.05) is 29.6 Å².